The number of aromatic nitrogens is 3. The van der Waals surface area contributed by atoms with Crippen LogP contribution in [0, 0.1) is 20.8 Å². The van der Waals surface area contributed by atoms with Crippen molar-refractivity contribution < 1.29 is 9.63 Å². The zero-order valence-corrected chi connectivity index (χ0v) is 16.1. The average Bonchev–Trinajstić information content (AvgIpc) is 2.89. The lowest BCUT2D eigenvalue weighted by Crippen LogP contribution is -2.49. The Morgan fingerprint density at radius 3 is 2.77 bits per heavy atom. The number of likely N-dealkylation sites (tertiary alicyclic amines) is 1. The van der Waals surface area contributed by atoms with E-state index in [2.05, 4.69) is 32.3 Å². The third-order valence-corrected chi connectivity index (χ3v) is 4.94. The Labute approximate surface area is 154 Å². The second kappa shape index (κ2) is 8.14. The van der Waals surface area contributed by atoms with Gasteiger partial charge in [0.15, 0.2) is 0 Å². The highest BCUT2D eigenvalue weighted by Crippen LogP contribution is 2.21. The molecule has 2 aromatic rings. The lowest BCUT2D eigenvalue weighted by Gasteiger charge is -2.36. The van der Waals surface area contributed by atoms with E-state index >= 15 is 0 Å². The normalized spacial score (nSPS) is 21.1. The Bertz CT molecular complexity index is 726. The van der Waals surface area contributed by atoms with E-state index in [0.29, 0.717) is 6.54 Å². The molecule has 142 valence electrons. The van der Waals surface area contributed by atoms with Crippen LogP contribution in [0.3, 0.4) is 0 Å². The first-order chi connectivity index (χ1) is 12.5. The average molecular weight is 359 g/mol. The van der Waals surface area contributed by atoms with Crippen LogP contribution in [0.2, 0.25) is 0 Å². The van der Waals surface area contributed by atoms with Gasteiger partial charge < -0.3 is 14.9 Å². The zero-order valence-electron chi connectivity index (χ0n) is 16.1. The number of aryl methyl sites for hydroxylation is 4. The molecule has 0 amide bonds. The molecule has 0 aliphatic carbocycles. The summed E-state index contributed by atoms with van der Waals surface area (Å²) in [5.41, 5.74) is 3.01. The van der Waals surface area contributed by atoms with Gasteiger partial charge >= 0.3 is 0 Å². The van der Waals surface area contributed by atoms with E-state index in [1.807, 2.05) is 26.8 Å². The van der Waals surface area contributed by atoms with Crippen molar-refractivity contribution in [1.29, 1.82) is 0 Å². The number of aliphatic hydroxyl groups excluding tert-OH is 1. The summed E-state index contributed by atoms with van der Waals surface area (Å²) in [5, 5.41) is 18.0. The van der Waals surface area contributed by atoms with Gasteiger partial charge in [-0.05, 0) is 33.6 Å². The van der Waals surface area contributed by atoms with Crippen molar-refractivity contribution in [3.8, 4) is 0 Å². The molecule has 7 nitrogen and oxygen atoms in total. The highest BCUT2D eigenvalue weighted by atomic mass is 16.5. The van der Waals surface area contributed by atoms with E-state index < -0.39 is 6.10 Å². The SMILES string of the molecule is CCCc1nc(C)cc(N[C@@H]2CCN(Cc3c(C)noc3C)C[C@H]2O)n1. The van der Waals surface area contributed by atoms with Gasteiger partial charge in [-0.2, -0.15) is 0 Å². The van der Waals surface area contributed by atoms with Gasteiger partial charge in [-0.3, -0.25) is 4.90 Å². The molecule has 3 rings (SSSR count). The molecule has 0 radical (unpaired) electrons. The number of aliphatic hydroxyl groups is 1. The van der Waals surface area contributed by atoms with Crippen molar-refractivity contribution >= 4 is 5.82 Å². The summed E-state index contributed by atoms with van der Waals surface area (Å²) < 4.78 is 5.24. The molecule has 2 aromatic heterocycles. The lowest BCUT2D eigenvalue weighted by atomic mass is 10.0. The fourth-order valence-corrected chi connectivity index (χ4v) is 3.49. The fourth-order valence-electron chi connectivity index (χ4n) is 3.49. The third kappa shape index (κ3) is 4.40. The number of hydrogen-bond acceptors (Lipinski definition) is 7. The maximum Gasteiger partial charge on any atom is 0.138 e. The molecule has 1 saturated heterocycles. The van der Waals surface area contributed by atoms with Crippen LogP contribution in [0.15, 0.2) is 10.6 Å². The van der Waals surface area contributed by atoms with E-state index in [4.69, 9.17) is 4.52 Å². The Morgan fingerprint density at radius 1 is 1.31 bits per heavy atom. The molecule has 26 heavy (non-hydrogen) atoms. The molecule has 1 aliphatic rings. The topological polar surface area (TPSA) is 87.3 Å². The first-order valence-electron chi connectivity index (χ1n) is 9.39. The van der Waals surface area contributed by atoms with Crippen LogP contribution >= 0.6 is 0 Å². The third-order valence-electron chi connectivity index (χ3n) is 4.94. The van der Waals surface area contributed by atoms with Gasteiger partial charge in [0.2, 0.25) is 0 Å². The van der Waals surface area contributed by atoms with Gasteiger partial charge in [0.25, 0.3) is 0 Å². The van der Waals surface area contributed by atoms with Gasteiger partial charge in [0.05, 0.1) is 17.8 Å². The number of nitrogens with zero attached hydrogens (tertiary/aromatic N) is 4. The van der Waals surface area contributed by atoms with E-state index in [9.17, 15) is 5.11 Å². The summed E-state index contributed by atoms with van der Waals surface area (Å²) in [6.45, 7) is 10.3. The smallest absolute Gasteiger partial charge is 0.138 e. The Morgan fingerprint density at radius 2 is 2.12 bits per heavy atom. The largest absolute Gasteiger partial charge is 0.390 e. The van der Waals surface area contributed by atoms with Crippen molar-refractivity contribution in [1.82, 2.24) is 20.0 Å². The van der Waals surface area contributed by atoms with Gasteiger partial charge in [0, 0.05) is 43.4 Å². The second-order valence-electron chi connectivity index (χ2n) is 7.21. The van der Waals surface area contributed by atoms with Gasteiger partial charge in [-0.25, -0.2) is 9.97 Å². The number of anilines is 1. The van der Waals surface area contributed by atoms with Crippen LogP contribution in [-0.4, -0.2) is 50.4 Å². The minimum Gasteiger partial charge on any atom is -0.390 e. The molecular formula is C19H29N5O2. The van der Waals surface area contributed by atoms with E-state index in [0.717, 1.165) is 66.7 Å². The first kappa shape index (κ1) is 18.8. The van der Waals surface area contributed by atoms with Crippen molar-refractivity contribution in [2.45, 2.75) is 65.6 Å². The fraction of sp³-hybridized carbons (Fsp3) is 0.632. The van der Waals surface area contributed by atoms with Crippen LogP contribution in [-0.2, 0) is 13.0 Å². The molecule has 2 N–H and O–H groups in total. The van der Waals surface area contributed by atoms with E-state index in [1.165, 1.54) is 0 Å². The minimum atomic E-state index is -0.450. The van der Waals surface area contributed by atoms with Crippen molar-refractivity contribution in [2.75, 3.05) is 18.4 Å². The number of β-amino-alcohol motifs (C(OH)–C–C–N with tert-alkyl or cyclic N) is 1. The monoisotopic (exact) mass is 359 g/mol. The first-order valence-corrected chi connectivity index (χ1v) is 9.39. The molecule has 0 bridgehead atoms. The molecule has 2 atom stereocenters. The quantitative estimate of drug-likeness (QED) is 0.819. The Hall–Kier alpha value is -1.99. The molecular weight excluding hydrogens is 330 g/mol. The Kier molecular flexibility index (Phi) is 5.88. The van der Waals surface area contributed by atoms with Gasteiger partial charge in [0.1, 0.15) is 17.4 Å². The molecule has 7 heteroatoms. The molecule has 0 unspecified atom stereocenters. The molecule has 1 aliphatic heterocycles. The van der Waals surface area contributed by atoms with E-state index in [1.54, 1.807) is 0 Å². The number of nitrogens with one attached hydrogen (secondary N) is 1. The predicted octanol–water partition coefficient (Wildman–Crippen LogP) is 2.39. The lowest BCUT2D eigenvalue weighted by molar-refractivity contribution is 0.0557. The van der Waals surface area contributed by atoms with Crippen molar-refractivity contribution in [2.24, 2.45) is 0 Å². The molecule has 0 spiro atoms. The number of hydrogen-bond donors (Lipinski definition) is 2. The standard InChI is InChI=1S/C19H29N5O2/c1-5-6-18-20-12(2)9-19(22-18)21-16-7-8-24(11-17(16)25)10-15-13(3)23-26-14(15)4/h9,16-17,25H,5-8,10-11H2,1-4H3,(H,20,21,22)/t16-,17-/m1/s1. The maximum atomic E-state index is 10.6. The van der Waals surface area contributed by atoms with Crippen LogP contribution in [0.4, 0.5) is 5.82 Å². The summed E-state index contributed by atoms with van der Waals surface area (Å²) >= 11 is 0. The number of rotatable bonds is 6. The van der Waals surface area contributed by atoms with Gasteiger partial charge in [-0.15, -0.1) is 0 Å². The van der Waals surface area contributed by atoms with Crippen LogP contribution in [0.5, 0.6) is 0 Å². The highest BCUT2D eigenvalue weighted by molar-refractivity contribution is 5.37. The molecule has 1 fully saturated rings. The summed E-state index contributed by atoms with van der Waals surface area (Å²) in [5.74, 6) is 2.53. The predicted molar refractivity (Wildman–Crippen MR) is 100 cm³/mol. The molecule has 3 heterocycles. The summed E-state index contributed by atoms with van der Waals surface area (Å²) in [4.78, 5) is 11.3. The zero-order chi connectivity index (χ0) is 18.7. The second-order valence-corrected chi connectivity index (χ2v) is 7.21. The minimum absolute atomic E-state index is 0.000282. The van der Waals surface area contributed by atoms with Crippen LogP contribution in [0.25, 0.3) is 0 Å². The van der Waals surface area contributed by atoms with Crippen LogP contribution < -0.4 is 5.32 Å². The highest BCUT2D eigenvalue weighted by Gasteiger charge is 2.29. The number of piperidine rings is 1. The van der Waals surface area contributed by atoms with Crippen molar-refractivity contribution in [3.63, 3.8) is 0 Å². The molecule has 0 aromatic carbocycles. The summed E-state index contributed by atoms with van der Waals surface area (Å²) in [7, 11) is 0. The molecule has 0 saturated carbocycles. The van der Waals surface area contributed by atoms with Crippen molar-refractivity contribution in [3.05, 3.63) is 34.6 Å². The summed E-state index contributed by atoms with van der Waals surface area (Å²) in [6.07, 6.45) is 2.30. The summed E-state index contributed by atoms with van der Waals surface area (Å²) in [6, 6.07) is 1.95. The maximum absolute atomic E-state index is 10.6. The Balaban J connectivity index is 1.61. The van der Waals surface area contributed by atoms with Gasteiger partial charge in [-0.1, -0.05) is 12.1 Å². The van der Waals surface area contributed by atoms with Crippen LogP contribution in [0.1, 0.15) is 48.3 Å². The van der Waals surface area contributed by atoms with E-state index in [-0.39, 0.29) is 6.04 Å².